The van der Waals surface area contributed by atoms with Gasteiger partial charge in [-0.25, -0.2) is 13.8 Å². The van der Waals surface area contributed by atoms with Crippen LogP contribution in [0.1, 0.15) is 48.9 Å². The maximum absolute atomic E-state index is 13.7. The van der Waals surface area contributed by atoms with Gasteiger partial charge in [-0.15, -0.1) is 0 Å². The molecule has 1 aliphatic heterocycles. The highest BCUT2D eigenvalue weighted by atomic mass is 19.3. The second-order valence-corrected chi connectivity index (χ2v) is 9.65. The normalized spacial score (nSPS) is 16.0. The molecule has 6 nitrogen and oxygen atoms in total. The number of amides is 1. The van der Waals surface area contributed by atoms with Crippen molar-refractivity contribution in [2.75, 3.05) is 13.1 Å². The van der Waals surface area contributed by atoms with Crippen LogP contribution in [-0.4, -0.2) is 55.9 Å². The predicted octanol–water partition coefficient (Wildman–Crippen LogP) is 5.08. The number of fused-ring (bicyclic) bond motifs is 2. The molecule has 0 saturated carbocycles. The zero-order valence-electron chi connectivity index (χ0n) is 20.0. The first-order chi connectivity index (χ1) is 16.8. The lowest BCUT2D eigenvalue weighted by Gasteiger charge is -2.32. The standard InChI is InChI=1S/C27H30F2N4O2/c1-16-14-33-15-20(4-6-25(33)30-16)27-22(13-24(28)29)21-12-19(3-5-23(21)31-27)18-7-9-32(10-8-18)26(35)11-17(2)34/h3-6,12,14-15,17-18,24,31,34H,7-11,13H2,1-2H3/t17-/m1/s1. The maximum atomic E-state index is 13.7. The van der Waals surface area contributed by atoms with Crippen molar-refractivity contribution in [2.45, 2.75) is 58.0 Å². The minimum Gasteiger partial charge on any atom is -0.393 e. The summed E-state index contributed by atoms with van der Waals surface area (Å²) < 4.78 is 29.2. The highest BCUT2D eigenvalue weighted by Gasteiger charge is 2.25. The van der Waals surface area contributed by atoms with Gasteiger partial charge in [-0.05, 0) is 68.0 Å². The number of hydrogen-bond donors (Lipinski definition) is 2. The van der Waals surface area contributed by atoms with E-state index >= 15 is 0 Å². The highest BCUT2D eigenvalue weighted by Crippen LogP contribution is 2.36. The molecule has 35 heavy (non-hydrogen) atoms. The van der Waals surface area contributed by atoms with E-state index < -0.39 is 12.5 Å². The molecular formula is C27H30F2N4O2. The van der Waals surface area contributed by atoms with Crippen molar-refractivity contribution in [3.05, 3.63) is 59.5 Å². The van der Waals surface area contributed by atoms with Crippen molar-refractivity contribution in [3.8, 4) is 11.3 Å². The number of hydrogen-bond acceptors (Lipinski definition) is 3. The predicted molar refractivity (Wildman–Crippen MR) is 132 cm³/mol. The number of aliphatic hydroxyl groups excluding tert-OH is 1. The van der Waals surface area contributed by atoms with E-state index in [1.807, 2.05) is 52.9 Å². The SMILES string of the molecule is Cc1cn2cc(-c3[nH]c4ccc(C5CCN(C(=O)C[C@@H](C)O)CC5)cc4c3CC(F)F)ccc2n1. The number of benzene rings is 1. The Morgan fingerprint density at radius 1 is 1.20 bits per heavy atom. The van der Waals surface area contributed by atoms with Crippen LogP contribution in [0, 0.1) is 6.92 Å². The Labute approximate surface area is 202 Å². The molecular weight excluding hydrogens is 450 g/mol. The van der Waals surface area contributed by atoms with Gasteiger partial charge >= 0.3 is 0 Å². The van der Waals surface area contributed by atoms with Crippen LogP contribution >= 0.6 is 0 Å². The van der Waals surface area contributed by atoms with Gasteiger partial charge in [0.15, 0.2) is 0 Å². The summed E-state index contributed by atoms with van der Waals surface area (Å²) in [6, 6.07) is 9.91. The minimum absolute atomic E-state index is 0.0200. The van der Waals surface area contributed by atoms with Crippen LogP contribution < -0.4 is 0 Å². The first-order valence-electron chi connectivity index (χ1n) is 12.1. The van der Waals surface area contributed by atoms with Crippen molar-refractivity contribution in [3.63, 3.8) is 0 Å². The molecule has 184 valence electrons. The van der Waals surface area contributed by atoms with Gasteiger partial charge in [0.2, 0.25) is 12.3 Å². The van der Waals surface area contributed by atoms with E-state index in [0.717, 1.165) is 46.2 Å². The van der Waals surface area contributed by atoms with Crippen molar-refractivity contribution < 1.29 is 18.7 Å². The van der Waals surface area contributed by atoms with E-state index in [0.29, 0.717) is 24.3 Å². The molecule has 8 heteroatoms. The zero-order chi connectivity index (χ0) is 24.7. The molecule has 4 aromatic rings. The van der Waals surface area contributed by atoms with E-state index in [1.54, 1.807) is 6.92 Å². The van der Waals surface area contributed by atoms with E-state index in [9.17, 15) is 18.7 Å². The van der Waals surface area contributed by atoms with Gasteiger partial charge in [0, 0.05) is 48.4 Å². The average Bonchev–Trinajstić information content (AvgIpc) is 3.36. The number of aliphatic hydroxyl groups is 1. The third-order valence-corrected chi connectivity index (χ3v) is 6.94. The third-order valence-electron chi connectivity index (χ3n) is 6.94. The number of likely N-dealkylation sites (tertiary alicyclic amines) is 1. The number of halogens is 2. The van der Waals surface area contributed by atoms with Gasteiger partial charge in [0.05, 0.1) is 23.9 Å². The second-order valence-electron chi connectivity index (χ2n) is 9.65. The number of nitrogens with zero attached hydrogens (tertiary/aromatic N) is 3. The molecule has 0 bridgehead atoms. The summed E-state index contributed by atoms with van der Waals surface area (Å²) in [5.41, 5.74) is 5.84. The Hall–Kier alpha value is -3.26. The summed E-state index contributed by atoms with van der Waals surface area (Å²) in [6.45, 7) is 4.82. The lowest BCUT2D eigenvalue weighted by atomic mass is 9.88. The first kappa shape index (κ1) is 23.5. The zero-order valence-corrected chi connectivity index (χ0v) is 20.0. The number of carbonyl (C=O) groups is 1. The van der Waals surface area contributed by atoms with Crippen LogP contribution in [0.15, 0.2) is 42.7 Å². The molecule has 1 saturated heterocycles. The van der Waals surface area contributed by atoms with E-state index in [4.69, 9.17) is 0 Å². The number of nitrogens with one attached hydrogen (secondary N) is 1. The average molecular weight is 481 g/mol. The van der Waals surface area contributed by atoms with Gasteiger partial charge in [-0.3, -0.25) is 4.79 Å². The monoisotopic (exact) mass is 480 g/mol. The number of aromatic nitrogens is 3. The van der Waals surface area contributed by atoms with Crippen molar-refractivity contribution in [1.82, 2.24) is 19.3 Å². The Balaban J connectivity index is 1.46. The van der Waals surface area contributed by atoms with Gasteiger partial charge in [-0.2, -0.15) is 0 Å². The summed E-state index contributed by atoms with van der Waals surface area (Å²) >= 11 is 0. The number of pyridine rings is 1. The fourth-order valence-electron chi connectivity index (χ4n) is 5.24. The molecule has 0 spiro atoms. The number of alkyl halides is 2. The summed E-state index contributed by atoms with van der Waals surface area (Å²) in [5.74, 6) is 0.242. The Morgan fingerprint density at radius 2 is 1.97 bits per heavy atom. The summed E-state index contributed by atoms with van der Waals surface area (Å²) in [5, 5.41) is 10.3. The number of imidazole rings is 1. The smallest absolute Gasteiger partial charge is 0.242 e. The largest absolute Gasteiger partial charge is 0.393 e. The third kappa shape index (κ3) is 4.80. The maximum Gasteiger partial charge on any atom is 0.242 e. The molecule has 1 atom stereocenters. The van der Waals surface area contributed by atoms with E-state index in [1.165, 1.54) is 0 Å². The van der Waals surface area contributed by atoms with Crippen LogP contribution in [0.2, 0.25) is 0 Å². The lowest BCUT2D eigenvalue weighted by molar-refractivity contribution is -0.134. The van der Waals surface area contributed by atoms with Gasteiger partial charge in [0.25, 0.3) is 0 Å². The molecule has 1 fully saturated rings. The van der Waals surface area contributed by atoms with Gasteiger partial charge in [-0.1, -0.05) is 6.07 Å². The van der Waals surface area contributed by atoms with Gasteiger partial charge in [0.1, 0.15) is 5.65 Å². The lowest BCUT2D eigenvalue weighted by Crippen LogP contribution is -2.39. The summed E-state index contributed by atoms with van der Waals surface area (Å²) in [7, 11) is 0. The van der Waals surface area contributed by atoms with Crippen LogP contribution in [0.5, 0.6) is 0 Å². The molecule has 5 rings (SSSR count). The molecule has 1 aliphatic rings. The molecule has 0 aliphatic carbocycles. The van der Waals surface area contributed by atoms with Crippen LogP contribution in [0.3, 0.4) is 0 Å². The molecule has 1 amide bonds. The first-order valence-corrected chi connectivity index (χ1v) is 12.1. The van der Waals surface area contributed by atoms with Crippen molar-refractivity contribution >= 4 is 22.5 Å². The van der Waals surface area contributed by atoms with E-state index in [2.05, 4.69) is 16.0 Å². The Kier molecular flexibility index (Phi) is 6.32. The number of aryl methyl sites for hydroxylation is 1. The van der Waals surface area contributed by atoms with Crippen LogP contribution in [0.25, 0.3) is 27.8 Å². The molecule has 1 aromatic carbocycles. The molecule has 0 radical (unpaired) electrons. The number of rotatable bonds is 6. The Bertz CT molecular complexity index is 1370. The quantitative estimate of drug-likeness (QED) is 0.404. The van der Waals surface area contributed by atoms with Crippen molar-refractivity contribution in [2.24, 2.45) is 0 Å². The fourth-order valence-corrected chi connectivity index (χ4v) is 5.24. The molecule has 3 aromatic heterocycles. The summed E-state index contributed by atoms with van der Waals surface area (Å²) in [4.78, 5) is 21.9. The number of aromatic amines is 1. The topological polar surface area (TPSA) is 73.6 Å². The Morgan fingerprint density at radius 3 is 2.69 bits per heavy atom. The number of carbonyl (C=O) groups excluding carboxylic acids is 1. The van der Waals surface area contributed by atoms with Crippen LogP contribution in [0.4, 0.5) is 8.78 Å². The molecule has 2 N–H and O–H groups in total. The van der Waals surface area contributed by atoms with Crippen molar-refractivity contribution in [1.29, 1.82) is 0 Å². The summed E-state index contributed by atoms with van der Waals surface area (Å²) in [6.07, 6.45) is 2.19. The number of H-pyrrole nitrogens is 1. The molecule has 0 unspecified atom stereocenters. The second kappa shape index (κ2) is 9.41. The minimum atomic E-state index is -2.46. The van der Waals surface area contributed by atoms with E-state index in [-0.39, 0.29) is 24.7 Å². The fraction of sp³-hybridized carbons (Fsp3) is 0.407. The number of piperidine rings is 1. The molecule has 4 heterocycles. The van der Waals surface area contributed by atoms with Gasteiger partial charge < -0.3 is 19.4 Å². The highest BCUT2D eigenvalue weighted by molar-refractivity contribution is 5.91. The van der Waals surface area contributed by atoms with Crippen LogP contribution in [-0.2, 0) is 11.2 Å².